The fourth-order valence-electron chi connectivity index (χ4n) is 8.88. The third kappa shape index (κ3) is 7.31. The van der Waals surface area contributed by atoms with Gasteiger partial charge in [-0.05, 0) is 86.4 Å². The summed E-state index contributed by atoms with van der Waals surface area (Å²) < 4.78 is 5.29. The van der Waals surface area contributed by atoms with E-state index in [1.807, 2.05) is 48.5 Å². The summed E-state index contributed by atoms with van der Waals surface area (Å²) in [5.74, 6) is 2.46. The Morgan fingerprint density at radius 1 is 0.696 bits per heavy atom. The number of H-pyrrole nitrogens is 2. The summed E-state index contributed by atoms with van der Waals surface area (Å²) in [5, 5.41) is 3.91. The molecule has 286 valence electrons. The Hall–Kier alpha value is -5.81. The second kappa shape index (κ2) is 15.7. The summed E-state index contributed by atoms with van der Waals surface area (Å²) in [5.41, 5.74) is 8.03. The fraction of sp³-hybridized carbons (Fsp3) is 0.356. The Labute approximate surface area is 327 Å². The minimum atomic E-state index is -0.258. The average molecular weight is 749 g/mol. The van der Waals surface area contributed by atoms with Crippen molar-refractivity contribution in [3.05, 3.63) is 126 Å². The summed E-state index contributed by atoms with van der Waals surface area (Å²) in [6.07, 6.45) is 11.1. The van der Waals surface area contributed by atoms with Crippen molar-refractivity contribution in [2.45, 2.75) is 76.4 Å². The van der Waals surface area contributed by atoms with Crippen LogP contribution in [0.2, 0.25) is 0 Å². The molecule has 6 heterocycles. The minimum Gasteiger partial charge on any atom is -0.361 e. The Balaban J connectivity index is 0.856. The fourth-order valence-corrected chi connectivity index (χ4v) is 8.88. The van der Waals surface area contributed by atoms with E-state index in [0.29, 0.717) is 12.3 Å². The first-order chi connectivity index (χ1) is 27.5. The highest BCUT2D eigenvalue weighted by Gasteiger charge is 2.39. The molecule has 0 saturated carbocycles. The predicted octanol–water partition coefficient (Wildman–Crippen LogP) is 8.23. The standard InChI is InChI=1S/C45H48N8O3/c1-30-26-36(56-50-30)27-41(54)52-24-8-12-39(52)43-46-28-37(48-43)33-18-14-31(15-19-33)32-16-20-34(21-17-32)38-29-47-44(49-38)40-13-9-25-53(40)45(55)42(35-10-4-2-5-11-35)51-22-6-3-7-23-51/h2,4-5,10-11,14-21,26,28-29,39-40,42H,3,6-9,12-13,22-25,27H2,1H3,(H,46,48)(H,47,49)/t39-,40-,42+/m0/s1. The number of hydrogen-bond donors (Lipinski definition) is 2. The van der Waals surface area contributed by atoms with Crippen LogP contribution in [-0.4, -0.2) is 77.8 Å². The van der Waals surface area contributed by atoms with Gasteiger partial charge in [-0.1, -0.05) is 90.4 Å². The number of likely N-dealkylation sites (tertiary alicyclic amines) is 3. The minimum absolute atomic E-state index is 0.0256. The second-order valence-electron chi connectivity index (χ2n) is 15.5. The molecule has 0 radical (unpaired) electrons. The van der Waals surface area contributed by atoms with E-state index in [1.54, 1.807) is 0 Å². The number of carbonyl (C=O) groups excluding carboxylic acids is 2. The Morgan fingerprint density at radius 2 is 1.25 bits per heavy atom. The zero-order valence-electron chi connectivity index (χ0n) is 31.9. The lowest BCUT2D eigenvalue weighted by Gasteiger charge is -2.37. The number of benzene rings is 3. The van der Waals surface area contributed by atoms with Gasteiger partial charge in [-0.15, -0.1) is 0 Å². The van der Waals surface area contributed by atoms with Crippen LogP contribution in [0.1, 0.15) is 91.7 Å². The van der Waals surface area contributed by atoms with Crippen molar-refractivity contribution in [1.82, 2.24) is 39.8 Å². The van der Waals surface area contributed by atoms with Crippen molar-refractivity contribution in [3.8, 4) is 33.6 Å². The molecule has 11 heteroatoms. The maximum absolute atomic E-state index is 14.3. The van der Waals surface area contributed by atoms with Crippen molar-refractivity contribution in [2.75, 3.05) is 26.2 Å². The van der Waals surface area contributed by atoms with Crippen molar-refractivity contribution >= 4 is 11.8 Å². The van der Waals surface area contributed by atoms with Crippen molar-refractivity contribution in [1.29, 1.82) is 0 Å². The first-order valence-corrected chi connectivity index (χ1v) is 20.1. The van der Waals surface area contributed by atoms with Gasteiger partial charge in [-0.2, -0.15) is 0 Å². The van der Waals surface area contributed by atoms with Crippen molar-refractivity contribution in [3.63, 3.8) is 0 Å². The zero-order valence-corrected chi connectivity index (χ0v) is 31.9. The molecule has 3 aromatic heterocycles. The van der Waals surface area contributed by atoms with Gasteiger partial charge in [-0.25, -0.2) is 9.97 Å². The Kier molecular flexibility index (Phi) is 10.1. The summed E-state index contributed by atoms with van der Waals surface area (Å²) in [6, 6.07) is 28.7. The summed E-state index contributed by atoms with van der Waals surface area (Å²) in [6.45, 7) is 5.22. The number of carbonyl (C=O) groups is 2. The molecular weight excluding hydrogens is 701 g/mol. The normalized spacial score (nSPS) is 19.4. The maximum Gasteiger partial charge on any atom is 0.245 e. The molecule has 3 fully saturated rings. The molecule has 11 nitrogen and oxygen atoms in total. The first-order valence-electron chi connectivity index (χ1n) is 20.1. The number of piperidine rings is 1. The molecule has 3 saturated heterocycles. The van der Waals surface area contributed by atoms with Gasteiger partial charge >= 0.3 is 0 Å². The van der Waals surface area contributed by atoms with Crippen molar-refractivity contribution < 1.29 is 14.1 Å². The van der Waals surface area contributed by atoms with E-state index in [4.69, 9.17) is 14.5 Å². The highest BCUT2D eigenvalue weighted by Crippen LogP contribution is 2.37. The van der Waals surface area contributed by atoms with Gasteiger partial charge in [0.2, 0.25) is 11.8 Å². The van der Waals surface area contributed by atoms with E-state index in [0.717, 1.165) is 115 Å². The SMILES string of the molecule is Cc1cc(CC(=O)N2CCC[C@H]2c2ncc(-c3ccc(-c4ccc(-c5cnc([C@@H]6CCCN6C(=O)[C@@H](c6ccccc6)N6CCCCC6)[nH]5)cc4)cc3)[nH]2)on1. The van der Waals surface area contributed by atoms with E-state index in [-0.39, 0.29) is 36.4 Å². The molecule has 3 aliphatic heterocycles. The van der Waals surface area contributed by atoms with E-state index in [9.17, 15) is 9.59 Å². The third-order valence-electron chi connectivity index (χ3n) is 11.8. The van der Waals surface area contributed by atoms with Crippen LogP contribution in [-0.2, 0) is 16.0 Å². The van der Waals surface area contributed by atoms with Gasteiger partial charge in [-0.3, -0.25) is 14.5 Å². The molecule has 0 aliphatic carbocycles. The molecule has 56 heavy (non-hydrogen) atoms. The zero-order chi connectivity index (χ0) is 38.0. The molecule has 3 atom stereocenters. The van der Waals surface area contributed by atoms with Gasteiger partial charge in [0, 0.05) is 19.2 Å². The van der Waals surface area contributed by atoms with Crippen LogP contribution >= 0.6 is 0 Å². The molecule has 2 amide bonds. The van der Waals surface area contributed by atoms with Crippen LogP contribution in [0, 0.1) is 6.92 Å². The van der Waals surface area contributed by atoms with E-state index in [2.05, 4.69) is 85.6 Å². The Morgan fingerprint density at radius 3 is 1.82 bits per heavy atom. The molecular formula is C45H48N8O3. The lowest BCUT2D eigenvalue weighted by atomic mass is 10.00. The van der Waals surface area contributed by atoms with Gasteiger partial charge in [0.05, 0.1) is 48.0 Å². The van der Waals surface area contributed by atoms with Crippen LogP contribution in [0.25, 0.3) is 33.6 Å². The lowest BCUT2D eigenvalue weighted by Crippen LogP contribution is -2.44. The molecule has 9 rings (SSSR count). The van der Waals surface area contributed by atoms with Crippen LogP contribution in [0.3, 0.4) is 0 Å². The quantitative estimate of drug-likeness (QED) is 0.145. The van der Waals surface area contributed by atoms with Gasteiger partial charge in [0.15, 0.2) is 0 Å². The lowest BCUT2D eigenvalue weighted by molar-refractivity contribution is -0.139. The van der Waals surface area contributed by atoms with Gasteiger partial charge in [0.1, 0.15) is 23.5 Å². The number of nitrogens with zero attached hydrogens (tertiary/aromatic N) is 6. The van der Waals surface area contributed by atoms with E-state index >= 15 is 0 Å². The number of aryl methyl sites for hydroxylation is 1. The van der Waals surface area contributed by atoms with Crippen LogP contribution in [0.5, 0.6) is 0 Å². The monoisotopic (exact) mass is 748 g/mol. The number of aromatic nitrogens is 5. The van der Waals surface area contributed by atoms with Crippen LogP contribution in [0.15, 0.2) is 102 Å². The number of rotatable bonds is 10. The topological polar surface area (TPSA) is 127 Å². The number of amides is 2. The summed E-state index contributed by atoms with van der Waals surface area (Å²) >= 11 is 0. The third-order valence-corrected chi connectivity index (χ3v) is 11.8. The summed E-state index contributed by atoms with van der Waals surface area (Å²) in [4.78, 5) is 50.4. The number of hydrogen-bond acceptors (Lipinski definition) is 7. The molecule has 0 unspecified atom stereocenters. The molecule has 0 bridgehead atoms. The highest BCUT2D eigenvalue weighted by atomic mass is 16.5. The number of aromatic amines is 2. The predicted molar refractivity (Wildman–Crippen MR) is 214 cm³/mol. The van der Waals surface area contributed by atoms with Crippen LogP contribution < -0.4 is 0 Å². The maximum atomic E-state index is 14.3. The molecule has 3 aromatic carbocycles. The smallest absolute Gasteiger partial charge is 0.245 e. The highest BCUT2D eigenvalue weighted by molar-refractivity contribution is 5.84. The summed E-state index contributed by atoms with van der Waals surface area (Å²) in [7, 11) is 0. The Bertz CT molecular complexity index is 2270. The average Bonchev–Trinajstić information content (AvgIpc) is 4.09. The van der Waals surface area contributed by atoms with E-state index in [1.165, 1.54) is 6.42 Å². The molecule has 6 aromatic rings. The number of nitrogens with one attached hydrogen (secondary N) is 2. The van der Waals surface area contributed by atoms with Crippen LogP contribution in [0.4, 0.5) is 0 Å². The molecule has 0 spiro atoms. The van der Waals surface area contributed by atoms with Gasteiger partial charge in [0.25, 0.3) is 0 Å². The van der Waals surface area contributed by atoms with Crippen molar-refractivity contribution in [2.24, 2.45) is 0 Å². The van der Waals surface area contributed by atoms with Gasteiger partial charge < -0.3 is 24.3 Å². The first kappa shape index (κ1) is 35.9. The largest absolute Gasteiger partial charge is 0.361 e. The molecule has 2 N–H and O–H groups in total. The second-order valence-corrected chi connectivity index (χ2v) is 15.5. The number of imidazole rings is 2. The molecule has 3 aliphatic rings. The van der Waals surface area contributed by atoms with E-state index < -0.39 is 0 Å².